The van der Waals surface area contributed by atoms with E-state index in [-0.39, 0.29) is 6.07 Å². The summed E-state index contributed by atoms with van der Waals surface area (Å²) in [4.78, 5) is 10.5. The lowest BCUT2D eigenvalue weighted by Gasteiger charge is -2.08. The number of primary sulfonamides is 1. The van der Waals surface area contributed by atoms with Crippen molar-refractivity contribution >= 4 is 15.9 Å². The first-order valence-corrected chi connectivity index (χ1v) is 6.25. The first-order valence-electron chi connectivity index (χ1n) is 4.71. The van der Waals surface area contributed by atoms with Gasteiger partial charge in [-0.1, -0.05) is 0 Å². The summed E-state index contributed by atoms with van der Waals surface area (Å²) in [5, 5.41) is 6.31. The number of carbonyl (C=O) groups excluding carboxylic acids is 1. The zero-order valence-electron chi connectivity index (χ0n) is 9.16. The number of nitrogens with one attached hydrogen (secondary N) is 1. The van der Waals surface area contributed by atoms with Crippen LogP contribution < -0.4 is 10.5 Å². The molecule has 0 aliphatic rings. The van der Waals surface area contributed by atoms with Crippen molar-refractivity contribution in [2.75, 3.05) is 6.54 Å². The van der Waals surface area contributed by atoms with Crippen molar-refractivity contribution in [1.29, 1.82) is 0 Å². The summed E-state index contributed by atoms with van der Waals surface area (Å²) in [6.45, 7) is -1.08. The average Bonchev–Trinajstić information content (AvgIpc) is 2.27. The van der Waals surface area contributed by atoms with Crippen molar-refractivity contribution in [3.05, 3.63) is 29.3 Å². The highest BCUT2D eigenvalue weighted by atomic mass is 32.2. The third-order valence-corrected chi connectivity index (χ3v) is 2.88. The van der Waals surface area contributed by atoms with Crippen molar-refractivity contribution in [3.8, 4) is 0 Å². The molecule has 10 heteroatoms. The van der Waals surface area contributed by atoms with Gasteiger partial charge in [0.1, 0.15) is 0 Å². The fourth-order valence-electron chi connectivity index (χ4n) is 1.16. The lowest BCUT2D eigenvalue weighted by molar-refractivity contribution is 0.0886. The number of sulfonamides is 1. The summed E-state index contributed by atoms with van der Waals surface area (Å²) in [6, 6.07) is 0.753. The number of alkyl halides is 2. The fourth-order valence-corrected chi connectivity index (χ4v) is 1.71. The van der Waals surface area contributed by atoms with Crippen LogP contribution in [0, 0.1) is 11.6 Å². The highest BCUT2D eigenvalue weighted by Crippen LogP contribution is 2.18. The van der Waals surface area contributed by atoms with E-state index in [2.05, 4.69) is 0 Å². The Hall–Kier alpha value is -1.68. The summed E-state index contributed by atoms with van der Waals surface area (Å²) in [5.74, 6) is -4.66. The van der Waals surface area contributed by atoms with E-state index in [1.165, 1.54) is 0 Å². The van der Waals surface area contributed by atoms with Gasteiger partial charge < -0.3 is 5.32 Å². The van der Waals surface area contributed by atoms with E-state index in [0.29, 0.717) is 6.07 Å². The molecular weight excluding hydrogens is 292 g/mol. The molecule has 3 N–H and O–H groups in total. The number of hydrogen-bond acceptors (Lipinski definition) is 3. The van der Waals surface area contributed by atoms with Crippen molar-refractivity contribution in [2.24, 2.45) is 5.14 Å². The van der Waals surface area contributed by atoms with Crippen molar-refractivity contribution in [2.45, 2.75) is 11.3 Å². The fraction of sp³-hybridized carbons (Fsp3) is 0.222. The van der Waals surface area contributed by atoms with Crippen LogP contribution in [0.2, 0.25) is 0 Å². The molecule has 0 aliphatic heterocycles. The molecule has 0 bridgehead atoms. The molecule has 19 heavy (non-hydrogen) atoms. The van der Waals surface area contributed by atoms with E-state index in [0.717, 1.165) is 0 Å². The molecule has 1 amide bonds. The van der Waals surface area contributed by atoms with Gasteiger partial charge in [0.2, 0.25) is 10.0 Å². The van der Waals surface area contributed by atoms with Crippen LogP contribution in [0.1, 0.15) is 10.4 Å². The molecule has 0 spiro atoms. The van der Waals surface area contributed by atoms with Gasteiger partial charge in [-0.3, -0.25) is 4.79 Å². The van der Waals surface area contributed by atoms with E-state index in [1.807, 2.05) is 0 Å². The van der Waals surface area contributed by atoms with Crippen LogP contribution in [0.4, 0.5) is 17.6 Å². The second-order valence-electron chi connectivity index (χ2n) is 3.41. The van der Waals surface area contributed by atoms with Gasteiger partial charge in [-0.15, -0.1) is 0 Å². The second-order valence-corrected chi connectivity index (χ2v) is 4.97. The van der Waals surface area contributed by atoms with Gasteiger partial charge in [0.05, 0.1) is 17.0 Å². The van der Waals surface area contributed by atoms with Gasteiger partial charge in [0.15, 0.2) is 11.6 Å². The van der Waals surface area contributed by atoms with Crippen LogP contribution in [0.25, 0.3) is 0 Å². The van der Waals surface area contributed by atoms with E-state index < -0.39 is 51.0 Å². The zero-order chi connectivity index (χ0) is 14.8. The molecule has 106 valence electrons. The summed E-state index contributed by atoms with van der Waals surface area (Å²) < 4.78 is 72.1. The monoisotopic (exact) mass is 300 g/mol. The molecule has 0 unspecified atom stereocenters. The summed E-state index contributed by atoms with van der Waals surface area (Å²) in [7, 11) is -4.36. The maximum absolute atomic E-state index is 13.3. The predicted molar refractivity (Wildman–Crippen MR) is 56.1 cm³/mol. The Kier molecular flexibility index (Phi) is 4.48. The van der Waals surface area contributed by atoms with Crippen molar-refractivity contribution < 1.29 is 30.8 Å². The Morgan fingerprint density at radius 3 is 2.37 bits per heavy atom. The zero-order valence-corrected chi connectivity index (χ0v) is 9.98. The van der Waals surface area contributed by atoms with Gasteiger partial charge >= 0.3 is 0 Å². The van der Waals surface area contributed by atoms with Crippen molar-refractivity contribution in [1.82, 2.24) is 5.32 Å². The highest BCUT2D eigenvalue weighted by Gasteiger charge is 2.21. The van der Waals surface area contributed by atoms with Crippen molar-refractivity contribution in [3.63, 3.8) is 0 Å². The molecule has 5 nitrogen and oxygen atoms in total. The molecule has 1 aromatic carbocycles. The van der Waals surface area contributed by atoms with Crippen LogP contribution >= 0.6 is 0 Å². The molecule has 0 saturated heterocycles. The predicted octanol–water partition coefficient (Wildman–Crippen LogP) is 0.607. The van der Waals surface area contributed by atoms with Crippen LogP contribution in [0.15, 0.2) is 17.0 Å². The van der Waals surface area contributed by atoms with E-state index in [1.54, 1.807) is 5.32 Å². The average molecular weight is 300 g/mol. The molecule has 0 atom stereocenters. The Morgan fingerprint density at radius 1 is 1.32 bits per heavy atom. The number of rotatable bonds is 4. The number of hydrogen-bond donors (Lipinski definition) is 2. The summed E-state index contributed by atoms with van der Waals surface area (Å²) >= 11 is 0. The molecule has 0 heterocycles. The maximum Gasteiger partial charge on any atom is 0.255 e. The molecule has 0 saturated carbocycles. The minimum atomic E-state index is -4.36. The molecule has 0 aromatic heterocycles. The van der Waals surface area contributed by atoms with Gasteiger partial charge in [-0.25, -0.2) is 31.1 Å². The third-order valence-electron chi connectivity index (χ3n) is 1.99. The largest absolute Gasteiger partial charge is 0.346 e. The van der Waals surface area contributed by atoms with Gasteiger partial charge in [-0.05, 0) is 12.1 Å². The van der Waals surface area contributed by atoms with Gasteiger partial charge in [-0.2, -0.15) is 0 Å². The molecular formula is C9H8F4N2O3S. The maximum atomic E-state index is 13.3. The topological polar surface area (TPSA) is 89.3 Å². The molecule has 1 aromatic rings. The summed E-state index contributed by atoms with van der Waals surface area (Å²) in [5.41, 5.74) is -1.02. The number of amides is 1. The Morgan fingerprint density at radius 2 is 1.89 bits per heavy atom. The molecule has 0 aliphatic carbocycles. The quantitative estimate of drug-likeness (QED) is 0.798. The molecule has 0 radical (unpaired) electrons. The number of nitrogens with two attached hydrogens (primary N) is 1. The lowest BCUT2D eigenvalue weighted by Crippen LogP contribution is -2.29. The Bertz CT molecular complexity index is 604. The first-order chi connectivity index (χ1) is 8.62. The minimum absolute atomic E-state index is 0.286. The Labute approximate surface area is 105 Å². The van der Waals surface area contributed by atoms with Gasteiger partial charge in [0.25, 0.3) is 12.3 Å². The third kappa shape index (κ3) is 3.89. The van der Waals surface area contributed by atoms with E-state index >= 15 is 0 Å². The first kappa shape index (κ1) is 15.4. The van der Waals surface area contributed by atoms with Gasteiger partial charge in [0, 0.05) is 0 Å². The van der Waals surface area contributed by atoms with Crippen LogP contribution in [-0.2, 0) is 10.0 Å². The number of halogens is 4. The summed E-state index contributed by atoms with van der Waals surface area (Å²) in [6.07, 6.45) is -2.89. The molecule has 1 rings (SSSR count). The Balaban J connectivity index is 3.20. The van der Waals surface area contributed by atoms with E-state index in [4.69, 9.17) is 5.14 Å². The van der Waals surface area contributed by atoms with Crippen LogP contribution in [0.3, 0.4) is 0 Å². The van der Waals surface area contributed by atoms with Crippen LogP contribution in [-0.4, -0.2) is 27.3 Å². The van der Waals surface area contributed by atoms with Crippen LogP contribution in [0.5, 0.6) is 0 Å². The number of benzene rings is 1. The standard InChI is InChI=1S/C9H8F4N2O3S/c10-6-2-4(19(14,17)18)1-5(8(6)13)9(16)15-3-7(11)12/h1-2,7H,3H2,(H,15,16)(H2,14,17,18). The smallest absolute Gasteiger partial charge is 0.255 e. The molecule has 0 fully saturated rings. The highest BCUT2D eigenvalue weighted by molar-refractivity contribution is 7.89. The second kappa shape index (κ2) is 5.53. The lowest BCUT2D eigenvalue weighted by atomic mass is 10.2. The van der Waals surface area contributed by atoms with E-state index in [9.17, 15) is 30.8 Å². The number of carbonyl (C=O) groups is 1. The minimum Gasteiger partial charge on any atom is -0.346 e. The normalized spacial score (nSPS) is 11.7. The SMILES string of the molecule is NS(=O)(=O)c1cc(F)c(F)c(C(=O)NCC(F)F)c1.